The zero-order chi connectivity index (χ0) is 30.8. The third-order valence-electron chi connectivity index (χ3n) is 9.94. The zero-order valence-corrected chi connectivity index (χ0v) is 25.5. The van der Waals surface area contributed by atoms with Crippen molar-refractivity contribution < 1.29 is 14.2 Å². The molecule has 2 aromatic carbocycles. The molecule has 0 spiro atoms. The van der Waals surface area contributed by atoms with Crippen LogP contribution < -0.4 is 5.56 Å². The number of fused-ring (bicyclic) bond motifs is 1. The molecule has 1 N–H and O–H groups in total. The highest BCUT2D eigenvalue weighted by Gasteiger charge is 2.42. The van der Waals surface area contributed by atoms with Gasteiger partial charge in [-0.2, -0.15) is 15.3 Å². The van der Waals surface area contributed by atoms with Gasteiger partial charge in [0.2, 0.25) is 5.78 Å². The van der Waals surface area contributed by atoms with Crippen molar-refractivity contribution in [2.24, 2.45) is 5.41 Å². The molecule has 2 aliphatic carbocycles. The SMILES string of the molecule is CCCc1c(Cc2ccc(-c3ccccc3C#N)cc2F)c(=O)n(C2CCC(OCC3(C(C)O)CCC3)CC2)c2ncnn12. The molecule has 0 amide bonds. The summed E-state index contributed by atoms with van der Waals surface area (Å²) in [5, 5.41) is 24.3. The number of ether oxygens (including phenoxy) is 1. The van der Waals surface area contributed by atoms with E-state index in [9.17, 15) is 15.2 Å². The first-order valence-electron chi connectivity index (χ1n) is 15.9. The van der Waals surface area contributed by atoms with E-state index >= 15 is 4.39 Å². The molecule has 2 saturated carbocycles. The van der Waals surface area contributed by atoms with Crippen LogP contribution in [0.25, 0.3) is 16.9 Å². The smallest absolute Gasteiger partial charge is 0.259 e. The second kappa shape index (κ2) is 12.6. The summed E-state index contributed by atoms with van der Waals surface area (Å²) >= 11 is 0. The molecule has 2 aliphatic rings. The second-order valence-electron chi connectivity index (χ2n) is 12.6. The van der Waals surface area contributed by atoms with Crippen LogP contribution in [0, 0.1) is 22.6 Å². The van der Waals surface area contributed by atoms with E-state index in [0.29, 0.717) is 46.6 Å². The van der Waals surface area contributed by atoms with Gasteiger partial charge in [0.15, 0.2) is 0 Å². The fourth-order valence-electron chi connectivity index (χ4n) is 7.03. The minimum atomic E-state index is -0.415. The quantitative estimate of drug-likeness (QED) is 0.235. The summed E-state index contributed by atoms with van der Waals surface area (Å²) in [5.74, 6) is 0.111. The molecule has 6 rings (SSSR count). The Labute approximate surface area is 257 Å². The van der Waals surface area contributed by atoms with E-state index in [-0.39, 0.29) is 35.6 Å². The van der Waals surface area contributed by atoms with Gasteiger partial charge < -0.3 is 9.84 Å². The van der Waals surface area contributed by atoms with Crippen molar-refractivity contribution in [3.63, 3.8) is 0 Å². The summed E-state index contributed by atoms with van der Waals surface area (Å²) in [6, 6.07) is 14.2. The fourth-order valence-corrected chi connectivity index (χ4v) is 7.03. The number of hydrogen-bond donors (Lipinski definition) is 1. The molecule has 4 aromatic rings. The molecule has 8 nitrogen and oxygen atoms in total. The Morgan fingerprint density at radius 2 is 1.95 bits per heavy atom. The normalized spacial score (nSPS) is 20.2. The molecule has 1 unspecified atom stereocenters. The van der Waals surface area contributed by atoms with Gasteiger partial charge in [-0.3, -0.25) is 9.36 Å². The van der Waals surface area contributed by atoms with Gasteiger partial charge in [-0.05, 0) is 80.7 Å². The summed E-state index contributed by atoms with van der Waals surface area (Å²) in [7, 11) is 0. The van der Waals surface area contributed by atoms with E-state index in [1.165, 1.54) is 12.4 Å². The number of aliphatic hydroxyl groups excluding tert-OH is 1. The van der Waals surface area contributed by atoms with Crippen LogP contribution in [0.5, 0.6) is 0 Å². The monoisotopic (exact) mass is 597 g/mol. The van der Waals surface area contributed by atoms with E-state index < -0.39 is 5.82 Å². The molecule has 2 fully saturated rings. The Hall–Kier alpha value is -3.87. The van der Waals surface area contributed by atoms with Gasteiger partial charge in [0.25, 0.3) is 5.56 Å². The molecule has 44 heavy (non-hydrogen) atoms. The maximum atomic E-state index is 15.6. The lowest BCUT2D eigenvalue weighted by Crippen LogP contribution is -2.45. The summed E-state index contributed by atoms with van der Waals surface area (Å²) in [6.07, 6.45) is 9.08. The number of halogens is 1. The minimum Gasteiger partial charge on any atom is -0.393 e. The van der Waals surface area contributed by atoms with Gasteiger partial charge in [-0.25, -0.2) is 8.91 Å². The molecule has 9 heteroatoms. The predicted molar refractivity (Wildman–Crippen MR) is 166 cm³/mol. The summed E-state index contributed by atoms with van der Waals surface area (Å²) in [4.78, 5) is 18.8. The lowest BCUT2D eigenvalue weighted by Gasteiger charge is -2.45. The number of aromatic nitrogens is 4. The number of nitriles is 1. The Bertz CT molecular complexity index is 1740. The highest BCUT2D eigenvalue weighted by atomic mass is 19.1. The first-order chi connectivity index (χ1) is 21.3. The third-order valence-corrected chi connectivity index (χ3v) is 9.94. The zero-order valence-electron chi connectivity index (χ0n) is 25.5. The maximum absolute atomic E-state index is 15.6. The van der Waals surface area contributed by atoms with Gasteiger partial charge >= 0.3 is 0 Å². The van der Waals surface area contributed by atoms with Crippen molar-refractivity contribution in [3.05, 3.63) is 87.3 Å². The van der Waals surface area contributed by atoms with E-state index in [2.05, 4.69) is 16.2 Å². The average molecular weight is 598 g/mol. The largest absolute Gasteiger partial charge is 0.393 e. The van der Waals surface area contributed by atoms with Crippen molar-refractivity contribution in [2.45, 2.75) is 96.3 Å². The molecule has 1 atom stereocenters. The second-order valence-corrected chi connectivity index (χ2v) is 12.6. The van der Waals surface area contributed by atoms with Gasteiger partial charge in [0, 0.05) is 23.4 Å². The molecule has 0 aliphatic heterocycles. The van der Waals surface area contributed by atoms with Gasteiger partial charge in [0.05, 0.1) is 36.1 Å². The Kier molecular flexibility index (Phi) is 8.66. The molecule has 230 valence electrons. The first kappa shape index (κ1) is 30.2. The van der Waals surface area contributed by atoms with Crippen molar-refractivity contribution in [1.82, 2.24) is 19.2 Å². The van der Waals surface area contributed by atoms with E-state index in [4.69, 9.17) is 4.74 Å². The molecule has 0 bridgehead atoms. The van der Waals surface area contributed by atoms with E-state index in [1.54, 1.807) is 27.3 Å². The van der Waals surface area contributed by atoms with Gasteiger partial charge in [0.1, 0.15) is 12.1 Å². The van der Waals surface area contributed by atoms with Crippen LogP contribution in [0.3, 0.4) is 0 Å². The molecular formula is C35H40FN5O3. The van der Waals surface area contributed by atoms with Crippen molar-refractivity contribution in [2.75, 3.05) is 6.61 Å². The first-order valence-corrected chi connectivity index (χ1v) is 15.9. The third kappa shape index (κ3) is 5.57. The molecule has 0 radical (unpaired) electrons. The Morgan fingerprint density at radius 1 is 1.18 bits per heavy atom. The number of aliphatic hydroxyl groups is 1. The van der Waals surface area contributed by atoms with E-state index in [1.807, 2.05) is 32.0 Å². The number of nitrogens with zero attached hydrogens (tertiary/aromatic N) is 5. The average Bonchev–Trinajstić information content (AvgIpc) is 3.49. The summed E-state index contributed by atoms with van der Waals surface area (Å²) in [6.45, 7) is 4.49. The number of rotatable bonds is 10. The predicted octanol–water partition coefficient (Wildman–Crippen LogP) is 6.16. The highest BCUT2D eigenvalue weighted by molar-refractivity contribution is 5.70. The molecule has 2 heterocycles. The van der Waals surface area contributed by atoms with E-state index in [0.717, 1.165) is 57.1 Å². The lowest BCUT2D eigenvalue weighted by molar-refractivity contribution is -0.110. The summed E-state index contributed by atoms with van der Waals surface area (Å²) in [5.41, 5.74) is 3.25. The lowest BCUT2D eigenvalue weighted by atomic mass is 9.66. The topological polar surface area (TPSA) is 105 Å². The Morgan fingerprint density at radius 3 is 2.61 bits per heavy atom. The van der Waals surface area contributed by atoms with Crippen LogP contribution in [0.2, 0.25) is 0 Å². The number of aryl methyl sites for hydroxylation is 1. The number of benzene rings is 2. The van der Waals surface area contributed by atoms with Crippen molar-refractivity contribution in [3.8, 4) is 17.2 Å². The van der Waals surface area contributed by atoms with Crippen LogP contribution in [-0.2, 0) is 17.6 Å². The van der Waals surface area contributed by atoms with Gasteiger partial charge in [-0.15, -0.1) is 0 Å². The van der Waals surface area contributed by atoms with Crippen LogP contribution in [0.15, 0.2) is 53.6 Å². The number of hydrogen-bond acceptors (Lipinski definition) is 6. The standard InChI is InChI=1S/C35H40FN5O3/c1-3-7-32-30(18-25-11-10-24(19-31(25)36)29-9-5-4-8-26(29)20-37)33(43)40(34-38-22-39-41(32)34)27-12-14-28(15-13-27)44-21-35(23(2)42)16-6-17-35/h4-5,8-11,19,22-23,27-28,42H,3,6-7,12-18,21H2,1-2H3. The van der Waals surface area contributed by atoms with Crippen LogP contribution >= 0.6 is 0 Å². The van der Waals surface area contributed by atoms with Crippen LogP contribution in [0.1, 0.15) is 93.6 Å². The minimum absolute atomic E-state index is 0.0624. The van der Waals surface area contributed by atoms with Crippen molar-refractivity contribution in [1.29, 1.82) is 5.26 Å². The summed E-state index contributed by atoms with van der Waals surface area (Å²) < 4.78 is 25.5. The highest BCUT2D eigenvalue weighted by Crippen LogP contribution is 2.45. The van der Waals surface area contributed by atoms with Crippen molar-refractivity contribution >= 4 is 5.78 Å². The Balaban J connectivity index is 1.28. The molecule has 2 aromatic heterocycles. The molecule has 0 saturated heterocycles. The van der Waals surface area contributed by atoms with Gasteiger partial charge in [-0.1, -0.05) is 50.1 Å². The maximum Gasteiger partial charge on any atom is 0.259 e. The fraction of sp³-hybridized carbons (Fsp3) is 0.486. The van der Waals surface area contributed by atoms with Crippen LogP contribution in [0.4, 0.5) is 4.39 Å². The molecular weight excluding hydrogens is 557 g/mol. The van der Waals surface area contributed by atoms with Crippen LogP contribution in [-0.4, -0.2) is 43.1 Å².